The molecule has 0 N–H and O–H groups in total. The van der Waals surface area contributed by atoms with Gasteiger partial charge >= 0.3 is 6.18 Å². The maximum atomic E-state index is 13.5. The van der Waals surface area contributed by atoms with E-state index in [-0.39, 0.29) is 29.9 Å². The van der Waals surface area contributed by atoms with Gasteiger partial charge in [0.05, 0.1) is 18.3 Å². The number of benzene rings is 1. The van der Waals surface area contributed by atoms with Gasteiger partial charge in [-0.15, -0.1) is 0 Å². The Bertz CT molecular complexity index is 815. The molecular weight excluding hydrogens is 367 g/mol. The molecule has 2 saturated carbocycles. The zero-order valence-corrected chi connectivity index (χ0v) is 16.3. The van der Waals surface area contributed by atoms with Crippen LogP contribution in [0.15, 0.2) is 28.8 Å². The molecule has 0 bridgehead atoms. The van der Waals surface area contributed by atoms with Gasteiger partial charge in [-0.2, -0.15) is 13.2 Å². The monoisotopic (exact) mass is 393 g/mol. The van der Waals surface area contributed by atoms with Gasteiger partial charge in [-0.1, -0.05) is 37.2 Å². The second-order valence-electron chi connectivity index (χ2n) is 8.54. The van der Waals surface area contributed by atoms with Crippen molar-refractivity contribution in [2.24, 2.45) is 11.8 Å². The van der Waals surface area contributed by atoms with Crippen molar-refractivity contribution in [3.8, 4) is 11.3 Å². The van der Waals surface area contributed by atoms with E-state index in [1.54, 1.807) is 6.07 Å². The van der Waals surface area contributed by atoms with Crippen molar-refractivity contribution in [1.82, 2.24) is 5.16 Å². The minimum absolute atomic E-state index is 0.0645. The van der Waals surface area contributed by atoms with Crippen LogP contribution in [0.4, 0.5) is 13.2 Å². The van der Waals surface area contributed by atoms with Crippen molar-refractivity contribution in [3.63, 3.8) is 0 Å². The molecule has 0 radical (unpaired) electrons. The van der Waals surface area contributed by atoms with E-state index >= 15 is 0 Å². The van der Waals surface area contributed by atoms with Crippen LogP contribution in [-0.2, 0) is 17.5 Å². The van der Waals surface area contributed by atoms with Crippen molar-refractivity contribution in [1.29, 1.82) is 0 Å². The quantitative estimate of drug-likeness (QED) is 0.576. The topological polar surface area (TPSA) is 35.3 Å². The normalized spacial score (nSPS) is 25.8. The molecule has 4 rings (SSSR count). The Balaban J connectivity index is 1.64. The summed E-state index contributed by atoms with van der Waals surface area (Å²) in [5, 5.41) is 4.06. The summed E-state index contributed by atoms with van der Waals surface area (Å²) in [5.74, 6) is 2.15. The van der Waals surface area contributed by atoms with Gasteiger partial charge in [-0.05, 0) is 50.0 Å². The minimum Gasteiger partial charge on any atom is -0.373 e. The van der Waals surface area contributed by atoms with Crippen LogP contribution in [0.3, 0.4) is 0 Å². The third-order valence-electron chi connectivity index (χ3n) is 5.85. The molecule has 1 aromatic carbocycles. The fourth-order valence-corrected chi connectivity index (χ4v) is 4.49. The second kappa shape index (κ2) is 7.54. The lowest BCUT2D eigenvalue weighted by molar-refractivity contribution is -0.137. The molecule has 2 atom stereocenters. The Morgan fingerprint density at radius 1 is 1.07 bits per heavy atom. The van der Waals surface area contributed by atoms with E-state index in [4.69, 9.17) is 9.26 Å². The zero-order valence-electron chi connectivity index (χ0n) is 16.3. The van der Waals surface area contributed by atoms with Gasteiger partial charge in [0.2, 0.25) is 0 Å². The van der Waals surface area contributed by atoms with Crippen molar-refractivity contribution in [3.05, 3.63) is 41.2 Å². The summed E-state index contributed by atoms with van der Waals surface area (Å²) in [7, 11) is 0. The van der Waals surface area contributed by atoms with Crippen LogP contribution in [0.5, 0.6) is 0 Å². The Morgan fingerprint density at radius 3 is 2.39 bits per heavy atom. The van der Waals surface area contributed by atoms with E-state index in [2.05, 4.69) is 19.0 Å². The fraction of sp³-hybridized carbons (Fsp3) is 0.591. The maximum Gasteiger partial charge on any atom is 0.417 e. The summed E-state index contributed by atoms with van der Waals surface area (Å²) < 4.78 is 52.3. The summed E-state index contributed by atoms with van der Waals surface area (Å²) >= 11 is 0. The second-order valence-corrected chi connectivity index (χ2v) is 8.54. The van der Waals surface area contributed by atoms with Crippen LogP contribution in [0, 0.1) is 11.8 Å². The molecule has 3 nitrogen and oxygen atoms in total. The highest BCUT2D eigenvalue weighted by Gasteiger charge is 2.38. The molecule has 28 heavy (non-hydrogen) atoms. The number of hydrogen-bond donors (Lipinski definition) is 0. The van der Waals surface area contributed by atoms with Gasteiger partial charge in [0.1, 0.15) is 11.5 Å². The number of hydrogen-bond acceptors (Lipinski definition) is 3. The lowest BCUT2D eigenvalue weighted by Crippen LogP contribution is -2.26. The zero-order chi connectivity index (χ0) is 19.9. The van der Waals surface area contributed by atoms with Gasteiger partial charge in [-0.25, -0.2) is 0 Å². The first-order valence-electron chi connectivity index (χ1n) is 10.1. The fourth-order valence-electron chi connectivity index (χ4n) is 4.49. The molecule has 0 spiro atoms. The predicted octanol–water partition coefficient (Wildman–Crippen LogP) is 6.58. The first kappa shape index (κ1) is 19.5. The first-order chi connectivity index (χ1) is 13.3. The van der Waals surface area contributed by atoms with Crippen LogP contribution in [-0.4, -0.2) is 11.3 Å². The Labute approximate surface area is 163 Å². The maximum absolute atomic E-state index is 13.5. The van der Waals surface area contributed by atoms with Gasteiger partial charge in [0, 0.05) is 17.0 Å². The molecule has 2 aromatic rings. The molecule has 0 aliphatic heterocycles. The smallest absolute Gasteiger partial charge is 0.373 e. The highest BCUT2D eigenvalue weighted by molar-refractivity contribution is 5.68. The molecule has 0 saturated heterocycles. The molecule has 1 heterocycles. The van der Waals surface area contributed by atoms with E-state index < -0.39 is 11.7 Å². The molecule has 152 valence electrons. The SMILES string of the molecule is CC1CC(C)CC(OCc2c(-c3ccccc3C(F)(F)F)noc2C2CC2)C1. The highest BCUT2D eigenvalue weighted by atomic mass is 19.4. The van der Waals surface area contributed by atoms with Crippen LogP contribution in [0.2, 0.25) is 0 Å². The molecule has 2 unspecified atom stereocenters. The number of ether oxygens (including phenoxy) is 1. The van der Waals surface area contributed by atoms with Gasteiger partial charge in [0.25, 0.3) is 0 Å². The largest absolute Gasteiger partial charge is 0.417 e. The summed E-state index contributed by atoms with van der Waals surface area (Å²) in [4.78, 5) is 0. The van der Waals surface area contributed by atoms with Crippen LogP contribution in [0.1, 0.15) is 68.8 Å². The average molecular weight is 393 g/mol. The molecule has 6 heteroatoms. The van der Waals surface area contributed by atoms with Crippen LogP contribution < -0.4 is 0 Å². The van der Waals surface area contributed by atoms with Gasteiger partial charge in [-0.3, -0.25) is 0 Å². The van der Waals surface area contributed by atoms with E-state index in [0.29, 0.717) is 23.2 Å². The first-order valence-corrected chi connectivity index (χ1v) is 10.1. The van der Waals surface area contributed by atoms with E-state index in [1.807, 2.05) is 0 Å². The summed E-state index contributed by atoms with van der Waals surface area (Å²) in [6.07, 6.45) is 0.837. The minimum atomic E-state index is -4.44. The molecule has 2 aliphatic rings. The lowest BCUT2D eigenvalue weighted by atomic mass is 9.82. The van der Waals surface area contributed by atoms with Crippen molar-refractivity contribution < 1.29 is 22.4 Å². The third kappa shape index (κ3) is 4.12. The number of alkyl halides is 3. The van der Waals surface area contributed by atoms with Crippen LogP contribution >= 0.6 is 0 Å². The van der Waals surface area contributed by atoms with Gasteiger partial charge < -0.3 is 9.26 Å². The van der Waals surface area contributed by atoms with E-state index in [1.165, 1.54) is 18.6 Å². The van der Waals surface area contributed by atoms with Crippen LogP contribution in [0.25, 0.3) is 11.3 Å². The third-order valence-corrected chi connectivity index (χ3v) is 5.85. The lowest BCUT2D eigenvalue weighted by Gasteiger charge is -2.31. The number of nitrogens with zero attached hydrogens (tertiary/aromatic N) is 1. The van der Waals surface area contributed by atoms with E-state index in [9.17, 15) is 13.2 Å². The van der Waals surface area contributed by atoms with E-state index in [0.717, 1.165) is 31.7 Å². The van der Waals surface area contributed by atoms with Crippen molar-refractivity contribution in [2.45, 2.75) is 70.8 Å². The average Bonchev–Trinajstić information content (AvgIpc) is 3.38. The standard InChI is InChI=1S/C22H26F3NO2/c1-13-9-14(2)11-16(10-13)27-12-18-20(26-28-21(18)15-7-8-15)17-5-3-4-6-19(17)22(23,24)25/h3-6,13-16H,7-12H2,1-2H3. The Hall–Kier alpha value is -1.82. The van der Waals surface area contributed by atoms with Crippen molar-refractivity contribution >= 4 is 0 Å². The number of halogens is 3. The number of rotatable bonds is 5. The molecule has 1 aromatic heterocycles. The number of aromatic nitrogens is 1. The summed E-state index contributed by atoms with van der Waals surface area (Å²) in [5.41, 5.74) is 0.332. The van der Waals surface area contributed by atoms with Gasteiger partial charge in [0.15, 0.2) is 0 Å². The predicted molar refractivity (Wildman–Crippen MR) is 99.7 cm³/mol. The molecule has 0 amide bonds. The Morgan fingerprint density at radius 2 is 1.75 bits per heavy atom. The van der Waals surface area contributed by atoms with Crippen molar-refractivity contribution in [2.75, 3.05) is 0 Å². The highest BCUT2D eigenvalue weighted by Crippen LogP contribution is 2.46. The molecule has 2 fully saturated rings. The molecular formula is C22H26F3NO2. The summed E-state index contributed by atoms with van der Waals surface area (Å²) in [6, 6.07) is 5.56. The Kier molecular flexibility index (Phi) is 5.25. The molecule has 2 aliphatic carbocycles. The summed E-state index contributed by atoms with van der Waals surface area (Å²) in [6.45, 7) is 4.71.